The number of aliphatic hydroxyl groups is 1. The number of rotatable bonds is 6. The van der Waals surface area contributed by atoms with Gasteiger partial charge in [-0.15, -0.1) is 0 Å². The average Bonchev–Trinajstić information content (AvgIpc) is 3.30. The van der Waals surface area contributed by atoms with E-state index in [2.05, 4.69) is 33.0 Å². The lowest BCUT2D eigenvalue weighted by Crippen LogP contribution is -2.47. The first-order valence-electron chi connectivity index (χ1n) is 12.0. The lowest BCUT2D eigenvalue weighted by atomic mass is 10.0. The van der Waals surface area contributed by atoms with Crippen LogP contribution in [0.4, 0.5) is 11.4 Å². The van der Waals surface area contributed by atoms with E-state index < -0.39 is 5.56 Å². The summed E-state index contributed by atoms with van der Waals surface area (Å²) in [7, 11) is 0. The lowest BCUT2D eigenvalue weighted by molar-refractivity contribution is 0.0974. The number of benzene rings is 2. The summed E-state index contributed by atoms with van der Waals surface area (Å²) in [5, 5.41) is 9.84. The van der Waals surface area contributed by atoms with Gasteiger partial charge >= 0.3 is 0 Å². The third-order valence-electron chi connectivity index (χ3n) is 7.03. The topological polar surface area (TPSA) is 79.9 Å². The molecule has 7 nitrogen and oxygen atoms in total. The highest BCUT2D eigenvalue weighted by Crippen LogP contribution is 2.43. The first kappa shape index (κ1) is 23.6. The molecule has 35 heavy (non-hydrogen) atoms. The third kappa shape index (κ3) is 4.72. The molecule has 0 bridgehead atoms. The van der Waals surface area contributed by atoms with Crippen LogP contribution in [0.3, 0.4) is 0 Å². The molecule has 0 saturated carbocycles. The molecule has 1 aliphatic heterocycles. The molecule has 5 rings (SSSR count). The molecule has 1 aromatic heterocycles. The van der Waals surface area contributed by atoms with E-state index in [4.69, 9.17) is 11.6 Å². The monoisotopic (exact) mass is 492 g/mol. The number of halogens is 1. The molecule has 1 fully saturated rings. The Morgan fingerprint density at radius 3 is 2.54 bits per heavy atom. The number of carbonyl (C=O) groups is 1. The van der Waals surface area contributed by atoms with E-state index in [9.17, 15) is 14.7 Å². The van der Waals surface area contributed by atoms with Crippen LogP contribution in [0.5, 0.6) is 0 Å². The molecule has 1 amide bonds. The second kappa shape index (κ2) is 10.2. The van der Waals surface area contributed by atoms with Gasteiger partial charge in [0.15, 0.2) is 0 Å². The van der Waals surface area contributed by atoms with Crippen LogP contribution >= 0.6 is 11.6 Å². The van der Waals surface area contributed by atoms with Crippen molar-refractivity contribution in [2.24, 2.45) is 0 Å². The number of β-amino-alcohol motifs (C(OH)–C–C–N with tert-alkyl or cyclic N) is 1. The molecule has 2 heterocycles. The summed E-state index contributed by atoms with van der Waals surface area (Å²) in [4.78, 5) is 35.3. The quantitative estimate of drug-likeness (QED) is 0.550. The van der Waals surface area contributed by atoms with Gasteiger partial charge in [-0.2, -0.15) is 0 Å². The first-order valence-corrected chi connectivity index (χ1v) is 12.4. The van der Waals surface area contributed by atoms with Gasteiger partial charge < -0.3 is 19.9 Å². The van der Waals surface area contributed by atoms with Gasteiger partial charge in [-0.1, -0.05) is 23.7 Å². The molecular formula is C27H29ClN4O3. The highest BCUT2D eigenvalue weighted by atomic mass is 35.5. The number of fused-ring (bicyclic) bond motifs is 1. The smallest absolute Gasteiger partial charge is 0.264 e. The molecule has 2 aromatic carbocycles. The summed E-state index contributed by atoms with van der Waals surface area (Å²) < 4.78 is 0. The Morgan fingerprint density at radius 1 is 1.06 bits per heavy atom. The van der Waals surface area contributed by atoms with Crippen molar-refractivity contribution < 1.29 is 9.90 Å². The predicted molar refractivity (Wildman–Crippen MR) is 139 cm³/mol. The second-order valence-corrected chi connectivity index (χ2v) is 9.45. The maximum absolute atomic E-state index is 13.8. The lowest BCUT2D eigenvalue weighted by Gasteiger charge is -2.37. The number of pyridine rings is 1. The maximum Gasteiger partial charge on any atom is 0.264 e. The molecule has 1 unspecified atom stereocenters. The number of hydrogen-bond acceptors (Lipinski definition) is 5. The van der Waals surface area contributed by atoms with Crippen molar-refractivity contribution in [3.05, 3.63) is 92.9 Å². The van der Waals surface area contributed by atoms with Crippen LogP contribution in [-0.4, -0.2) is 60.2 Å². The molecule has 182 valence electrons. The molecule has 2 aliphatic rings. The number of hydrogen-bond donors (Lipinski definition) is 2. The van der Waals surface area contributed by atoms with Crippen LogP contribution in [0.25, 0.3) is 0 Å². The SMILES string of the molecule is O=C(c1ccc[nH]c1=O)N(c1ccc(Cl)cc1)C1CCc2c1cccc2N1CCN(CCO)CC1. The summed E-state index contributed by atoms with van der Waals surface area (Å²) in [5.41, 5.74) is 4.03. The van der Waals surface area contributed by atoms with E-state index in [-0.39, 0.29) is 24.1 Å². The minimum Gasteiger partial charge on any atom is -0.395 e. The summed E-state index contributed by atoms with van der Waals surface area (Å²) in [6.45, 7) is 4.53. The zero-order valence-corrected chi connectivity index (χ0v) is 20.2. The van der Waals surface area contributed by atoms with Crippen molar-refractivity contribution in [3.8, 4) is 0 Å². The largest absolute Gasteiger partial charge is 0.395 e. The minimum atomic E-state index is -0.399. The highest BCUT2D eigenvalue weighted by molar-refractivity contribution is 6.30. The fourth-order valence-electron chi connectivity index (χ4n) is 5.29. The van der Waals surface area contributed by atoms with Crippen LogP contribution in [0.15, 0.2) is 65.6 Å². The van der Waals surface area contributed by atoms with Crippen molar-refractivity contribution in [1.29, 1.82) is 0 Å². The summed E-state index contributed by atoms with van der Waals surface area (Å²) in [5.74, 6) is -0.324. The molecule has 1 aliphatic carbocycles. The standard InChI is InChI=1S/C27H29ClN4O3/c28-19-6-8-20(9-7-19)32(27(35)23-4-2-12-29-26(23)34)25-11-10-22-21(25)3-1-5-24(22)31-15-13-30(14-16-31)17-18-33/h1-9,12,25,33H,10-11,13-18H2,(H,29,34). The van der Waals surface area contributed by atoms with Crippen LogP contribution in [0.2, 0.25) is 5.02 Å². The van der Waals surface area contributed by atoms with Crippen molar-refractivity contribution >= 4 is 28.9 Å². The van der Waals surface area contributed by atoms with E-state index in [0.717, 1.165) is 44.6 Å². The third-order valence-corrected chi connectivity index (χ3v) is 7.28. The van der Waals surface area contributed by atoms with E-state index in [1.165, 1.54) is 17.4 Å². The van der Waals surface area contributed by atoms with Gasteiger partial charge in [-0.05, 0) is 66.4 Å². The van der Waals surface area contributed by atoms with Crippen LogP contribution < -0.4 is 15.4 Å². The molecule has 0 radical (unpaired) electrons. The predicted octanol–water partition coefficient (Wildman–Crippen LogP) is 3.48. The number of aromatic amines is 1. The van der Waals surface area contributed by atoms with Gasteiger partial charge in [0.1, 0.15) is 5.56 Å². The van der Waals surface area contributed by atoms with Crippen LogP contribution in [0, 0.1) is 0 Å². The zero-order valence-electron chi connectivity index (χ0n) is 19.5. The van der Waals surface area contributed by atoms with E-state index in [0.29, 0.717) is 17.3 Å². The Bertz CT molecular complexity index is 1250. The first-order chi connectivity index (χ1) is 17.1. The fourth-order valence-corrected chi connectivity index (χ4v) is 5.42. The molecule has 2 N–H and O–H groups in total. The minimum absolute atomic E-state index is 0.118. The summed E-state index contributed by atoms with van der Waals surface area (Å²) >= 11 is 6.13. The molecule has 8 heteroatoms. The van der Waals surface area contributed by atoms with Gasteiger partial charge in [-0.25, -0.2) is 0 Å². The van der Waals surface area contributed by atoms with E-state index >= 15 is 0 Å². The summed E-state index contributed by atoms with van der Waals surface area (Å²) in [6.07, 6.45) is 3.16. The Balaban J connectivity index is 1.50. The Labute approximate surface area is 209 Å². The van der Waals surface area contributed by atoms with Gasteiger partial charge in [0.05, 0.1) is 12.6 Å². The number of amides is 1. The number of nitrogens with one attached hydrogen (secondary N) is 1. The molecule has 0 spiro atoms. The van der Waals surface area contributed by atoms with Crippen molar-refractivity contribution in [1.82, 2.24) is 9.88 Å². The van der Waals surface area contributed by atoms with Gasteiger partial charge in [0.25, 0.3) is 11.5 Å². The highest BCUT2D eigenvalue weighted by Gasteiger charge is 2.35. The Kier molecular flexibility index (Phi) is 6.90. The van der Waals surface area contributed by atoms with E-state index in [1.807, 2.05) is 12.1 Å². The zero-order chi connectivity index (χ0) is 24.4. The van der Waals surface area contributed by atoms with Crippen molar-refractivity contribution in [2.75, 3.05) is 49.1 Å². The molecular weight excluding hydrogens is 464 g/mol. The van der Waals surface area contributed by atoms with Crippen LogP contribution in [0.1, 0.15) is 33.9 Å². The second-order valence-electron chi connectivity index (χ2n) is 9.02. The van der Waals surface area contributed by atoms with Gasteiger partial charge in [0.2, 0.25) is 0 Å². The van der Waals surface area contributed by atoms with Gasteiger partial charge in [0, 0.05) is 55.3 Å². The number of H-pyrrole nitrogens is 1. The maximum atomic E-state index is 13.8. The normalized spacial score (nSPS) is 17.9. The Hall–Kier alpha value is -3.13. The number of anilines is 2. The van der Waals surface area contributed by atoms with Gasteiger partial charge in [-0.3, -0.25) is 14.5 Å². The average molecular weight is 493 g/mol. The fraction of sp³-hybridized carbons (Fsp3) is 0.333. The number of nitrogens with zero attached hydrogens (tertiary/aromatic N) is 3. The van der Waals surface area contributed by atoms with Crippen molar-refractivity contribution in [3.63, 3.8) is 0 Å². The van der Waals surface area contributed by atoms with E-state index in [1.54, 1.807) is 29.2 Å². The number of aromatic nitrogens is 1. The Morgan fingerprint density at radius 2 is 1.83 bits per heavy atom. The van der Waals surface area contributed by atoms with Crippen LogP contribution in [-0.2, 0) is 6.42 Å². The number of carbonyl (C=O) groups excluding carboxylic acids is 1. The molecule has 3 aromatic rings. The molecule has 1 atom stereocenters. The number of piperazine rings is 1. The summed E-state index contributed by atoms with van der Waals surface area (Å²) in [6, 6.07) is 16.6. The number of aliphatic hydroxyl groups excluding tert-OH is 1. The van der Waals surface area contributed by atoms with Crippen molar-refractivity contribution in [2.45, 2.75) is 18.9 Å². The molecule has 1 saturated heterocycles.